The van der Waals surface area contributed by atoms with Crippen LogP contribution in [-0.2, 0) is 5.41 Å². The van der Waals surface area contributed by atoms with Gasteiger partial charge in [0.05, 0.1) is 5.41 Å². The number of aromatic amines is 1. The normalized spacial score (nSPS) is 18.6. The summed E-state index contributed by atoms with van der Waals surface area (Å²) in [7, 11) is 0. The molecule has 0 radical (unpaired) electrons. The van der Waals surface area contributed by atoms with Gasteiger partial charge < -0.3 is 15.2 Å². The van der Waals surface area contributed by atoms with E-state index < -0.39 is 0 Å². The zero-order chi connectivity index (χ0) is 11.7. The average Bonchev–Trinajstić information content (AvgIpc) is 3.10. The van der Waals surface area contributed by atoms with E-state index in [2.05, 4.69) is 20.1 Å². The van der Waals surface area contributed by atoms with Gasteiger partial charge in [0.1, 0.15) is 0 Å². The van der Waals surface area contributed by atoms with E-state index in [9.17, 15) is 0 Å². The molecule has 2 aromatic rings. The van der Waals surface area contributed by atoms with Crippen molar-refractivity contribution >= 4 is 0 Å². The Bertz CT molecular complexity index is 484. The van der Waals surface area contributed by atoms with Crippen LogP contribution in [-0.4, -0.2) is 26.7 Å². The Hall–Kier alpha value is -1.69. The number of rotatable bonds is 3. The van der Waals surface area contributed by atoms with E-state index in [1.807, 2.05) is 0 Å². The highest BCUT2D eigenvalue weighted by molar-refractivity contribution is 5.41. The number of nitrogens with zero attached hydrogens (tertiary/aromatic N) is 3. The Morgan fingerprint density at radius 2 is 2.24 bits per heavy atom. The maximum atomic E-state index is 5.88. The fraction of sp³-hybridized carbons (Fsp3) is 0.545. The molecule has 90 valence electrons. The lowest BCUT2D eigenvalue weighted by Crippen LogP contribution is -2.32. The van der Waals surface area contributed by atoms with Crippen LogP contribution in [0.25, 0.3) is 11.6 Å². The number of nitrogens with two attached hydrogens (primary N) is 1. The zero-order valence-corrected chi connectivity index (χ0v) is 9.52. The van der Waals surface area contributed by atoms with Gasteiger partial charge in [0.2, 0.25) is 11.7 Å². The molecule has 3 N–H and O–H groups in total. The maximum Gasteiger partial charge on any atom is 0.238 e. The predicted octanol–water partition coefficient (Wildman–Crippen LogP) is 1.23. The van der Waals surface area contributed by atoms with Crippen LogP contribution in [0, 0.1) is 0 Å². The van der Waals surface area contributed by atoms with Crippen LogP contribution in [0.4, 0.5) is 0 Å². The molecule has 0 amide bonds. The Kier molecular flexibility index (Phi) is 2.44. The van der Waals surface area contributed by atoms with Crippen LogP contribution < -0.4 is 5.73 Å². The fourth-order valence-corrected chi connectivity index (χ4v) is 2.48. The molecule has 2 aromatic heterocycles. The third kappa shape index (κ3) is 1.64. The molecule has 1 saturated carbocycles. The summed E-state index contributed by atoms with van der Waals surface area (Å²) < 4.78 is 5.37. The van der Waals surface area contributed by atoms with E-state index in [4.69, 9.17) is 10.3 Å². The molecule has 0 spiro atoms. The number of hydrogen-bond donors (Lipinski definition) is 2. The van der Waals surface area contributed by atoms with Gasteiger partial charge in [-0.25, -0.2) is 4.98 Å². The molecule has 0 aliphatic heterocycles. The van der Waals surface area contributed by atoms with Gasteiger partial charge in [0.15, 0.2) is 5.82 Å². The van der Waals surface area contributed by atoms with Crippen molar-refractivity contribution in [3.8, 4) is 11.6 Å². The van der Waals surface area contributed by atoms with Crippen LogP contribution >= 0.6 is 0 Å². The van der Waals surface area contributed by atoms with Crippen molar-refractivity contribution in [3.63, 3.8) is 0 Å². The van der Waals surface area contributed by atoms with Crippen molar-refractivity contribution in [2.45, 2.75) is 31.1 Å². The first kappa shape index (κ1) is 10.5. The molecule has 3 rings (SSSR count). The summed E-state index contributed by atoms with van der Waals surface area (Å²) in [5.41, 5.74) is 5.76. The van der Waals surface area contributed by atoms with E-state index in [1.165, 1.54) is 12.8 Å². The molecule has 2 heterocycles. The van der Waals surface area contributed by atoms with E-state index in [0.29, 0.717) is 24.1 Å². The smallest absolute Gasteiger partial charge is 0.238 e. The van der Waals surface area contributed by atoms with E-state index >= 15 is 0 Å². The quantitative estimate of drug-likeness (QED) is 0.831. The molecular formula is C11H15N5O. The van der Waals surface area contributed by atoms with E-state index in [0.717, 1.165) is 12.8 Å². The summed E-state index contributed by atoms with van der Waals surface area (Å²) in [5, 5.41) is 3.96. The van der Waals surface area contributed by atoms with Crippen LogP contribution in [0.1, 0.15) is 31.6 Å². The number of imidazole rings is 1. The highest BCUT2D eigenvalue weighted by Gasteiger charge is 2.39. The molecule has 6 heteroatoms. The molecule has 1 aliphatic carbocycles. The zero-order valence-electron chi connectivity index (χ0n) is 9.52. The summed E-state index contributed by atoms with van der Waals surface area (Å²) in [6.07, 6.45) is 7.82. The molecule has 1 fully saturated rings. The molecule has 6 nitrogen and oxygen atoms in total. The summed E-state index contributed by atoms with van der Waals surface area (Å²) in [4.78, 5) is 11.5. The Morgan fingerprint density at radius 1 is 1.41 bits per heavy atom. The number of hydrogen-bond acceptors (Lipinski definition) is 5. The van der Waals surface area contributed by atoms with Gasteiger partial charge in [0.25, 0.3) is 0 Å². The first-order valence-corrected chi connectivity index (χ1v) is 5.88. The van der Waals surface area contributed by atoms with Gasteiger partial charge in [-0.1, -0.05) is 18.0 Å². The molecule has 0 aromatic carbocycles. The number of H-pyrrole nitrogens is 1. The maximum absolute atomic E-state index is 5.88. The summed E-state index contributed by atoms with van der Waals surface area (Å²) in [6.45, 7) is 0.562. The van der Waals surface area contributed by atoms with E-state index in [-0.39, 0.29) is 5.41 Å². The first-order valence-electron chi connectivity index (χ1n) is 5.88. The van der Waals surface area contributed by atoms with Crippen molar-refractivity contribution in [2.24, 2.45) is 5.73 Å². The topological polar surface area (TPSA) is 93.6 Å². The Morgan fingerprint density at radius 3 is 2.88 bits per heavy atom. The predicted molar refractivity (Wildman–Crippen MR) is 61.1 cm³/mol. The minimum absolute atomic E-state index is 0.113. The van der Waals surface area contributed by atoms with Crippen molar-refractivity contribution in [2.75, 3.05) is 6.54 Å². The SMILES string of the molecule is NCC1(c2nc(-c3ncc[nH]3)no2)CCCC1. The first-order chi connectivity index (χ1) is 8.34. The van der Waals surface area contributed by atoms with Gasteiger partial charge >= 0.3 is 0 Å². The number of aromatic nitrogens is 4. The van der Waals surface area contributed by atoms with Crippen molar-refractivity contribution < 1.29 is 4.52 Å². The van der Waals surface area contributed by atoms with Gasteiger partial charge in [-0.15, -0.1) is 0 Å². The van der Waals surface area contributed by atoms with E-state index in [1.54, 1.807) is 12.4 Å². The Labute approximate surface area is 98.6 Å². The van der Waals surface area contributed by atoms with Crippen molar-refractivity contribution in [1.29, 1.82) is 0 Å². The molecular weight excluding hydrogens is 218 g/mol. The molecule has 0 bridgehead atoms. The van der Waals surface area contributed by atoms with Crippen LogP contribution in [0.3, 0.4) is 0 Å². The molecule has 0 unspecified atom stereocenters. The third-order valence-electron chi connectivity index (χ3n) is 3.54. The van der Waals surface area contributed by atoms with Crippen molar-refractivity contribution in [3.05, 3.63) is 18.3 Å². The second-order valence-electron chi connectivity index (χ2n) is 4.55. The molecule has 0 atom stereocenters. The largest absolute Gasteiger partial charge is 0.342 e. The van der Waals surface area contributed by atoms with Gasteiger partial charge in [0, 0.05) is 18.9 Å². The fourth-order valence-electron chi connectivity index (χ4n) is 2.48. The summed E-state index contributed by atoms with van der Waals surface area (Å²) in [6, 6.07) is 0. The molecule has 1 aliphatic rings. The summed E-state index contributed by atoms with van der Waals surface area (Å²) >= 11 is 0. The van der Waals surface area contributed by atoms with Crippen LogP contribution in [0.5, 0.6) is 0 Å². The highest BCUT2D eigenvalue weighted by atomic mass is 16.5. The standard InChI is InChI=1S/C11H15N5O/c12-7-11(3-1-2-4-11)10-15-9(16-17-10)8-13-5-6-14-8/h5-6H,1-4,7,12H2,(H,13,14). The second kappa shape index (κ2) is 3.96. The highest BCUT2D eigenvalue weighted by Crippen LogP contribution is 2.39. The second-order valence-corrected chi connectivity index (χ2v) is 4.55. The Balaban J connectivity index is 1.94. The number of nitrogens with one attached hydrogen (secondary N) is 1. The monoisotopic (exact) mass is 233 g/mol. The third-order valence-corrected chi connectivity index (χ3v) is 3.54. The van der Waals surface area contributed by atoms with Gasteiger partial charge in [-0.3, -0.25) is 0 Å². The minimum atomic E-state index is -0.113. The van der Waals surface area contributed by atoms with Crippen LogP contribution in [0.15, 0.2) is 16.9 Å². The van der Waals surface area contributed by atoms with Crippen molar-refractivity contribution in [1.82, 2.24) is 20.1 Å². The lowest BCUT2D eigenvalue weighted by molar-refractivity contribution is 0.284. The lowest BCUT2D eigenvalue weighted by atomic mass is 9.86. The summed E-state index contributed by atoms with van der Waals surface area (Å²) in [5.74, 6) is 1.79. The average molecular weight is 233 g/mol. The lowest BCUT2D eigenvalue weighted by Gasteiger charge is -2.21. The van der Waals surface area contributed by atoms with Gasteiger partial charge in [-0.05, 0) is 12.8 Å². The molecule has 17 heavy (non-hydrogen) atoms. The minimum Gasteiger partial charge on any atom is -0.342 e. The van der Waals surface area contributed by atoms with Crippen LogP contribution in [0.2, 0.25) is 0 Å². The van der Waals surface area contributed by atoms with Gasteiger partial charge in [-0.2, -0.15) is 4.98 Å². The molecule has 0 saturated heterocycles.